The van der Waals surface area contributed by atoms with Crippen molar-refractivity contribution < 1.29 is 9.84 Å². The smallest absolute Gasteiger partial charge is 0.119 e. The summed E-state index contributed by atoms with van der Waals surface area (Å²) in [5.41, 5.74) is 1.46. The highest BCUT2D eigenvalue weighted by Gasteiger charge is 1.95. The molecule has 0 fully saturated rings. The summed E-state index contributed by atoms with van der Waals surface area (Å²) in [6.45, 7) is 2.88. The molecule has 0 aliphatic carbocycles. The molecule has 0 amide bonds. The Balaban J connectivity index is 1.94. The minimum Gasteiger partial charge on any atom is -0.508 e. The zero-order valence-electron chi connectivity index (χ0n) is 11.5. The van der Waals surface area contributed by atoms with Crippen LogP contribution in [0.2, 0.25) is 0 Å². The maximum atomic E-state index is 9.17. The second-order valence-corrected chi connectivity index (χ2v) is 4.41. The molecule has 2 rings (SSSR count). The van der Waals surface area contributed by atoms with Gasteiger partial charge in [0.25, 0.3) is 0 Å². The number of benzene rings is 2. The molecule has 1 N–H and O–H groups in total. The molecule has 0 aliphatic rings. The van der Waals surface area contributed by atoms with E-state index in [0.717, 1.165) is 30.9 Å². The molecule has 4 heteroatoms. The van der Waals surface area contributed by atoms with Crippen molar-refractivity contribution >= 4 is 11.4 Å². The van der Waals surface area contributed by atoms with E-state index in [9.17, 15) is 5.11 Å². The van der Waals surface area contributed by atoms with Gasteiger partial charge in [-0.3, -0.25) is 0 Å². The van der Waals surface area contributed by atoms with Gasteiger partial charge in [0.2, 0.25) is 0 Å². The third-order valence-electron chi connectivity index (χ3n) is 2.73. The minimum absolute atomic E-state index is 0.220. The Morgan fingerprint density at radius 1 is 0.900 bits per heavy atom. The summed E-state index contributed by atoms with van der Waals surface area (Å²) in [5, 5.41) is 17.4. The van der Waals surface area contributed by atoms with Crippen molar-refractivity contribution in [2.45, 2.75) is 19.8 Å². The Morgan fingerprint density at radius 3 is 2.00 bits per heavy atom. The number of nitrogens with zero attached hydrogens (tertiary/aromatic N) is 2. The number of phenolic OH excluding ortho intramolecular Hbond substituents is 1. The molecule has 0 radical (unpaired) electrons. The summed E-state index contributed by atoms with van der Waals surface area (Å²) < 4.78 is 5.58. The zero-order chi connectivity index (χ0) is 14.2. The number of hydrogen-bond donors (Lipinski definition) is 1. The van der Waals surface area contributed by atoms with Crippen LogP contribution < -0.4 is 4.74 Å². The van der Waals surface area contributed by atoms with Crippen molar-refractivity contribution in [3.63, 3.8) is 0 Å². The van der Waals surface area contributed by atoms with Gasteiger partial charge in [-0.05, 0) is 55.0 Å². The molecule has 0 bridgehead atoms. The number of azo groups is 1. The van der Waals surface area contributed by atoms with Crippen molar-refractivity contribution in [2.24, 2.45) is 10.2 Å². The lowest BCUT2D eigenvalue weighted by Gasteiger charge is -2.04. The van der Waals surface area contributed by atoms with Gasteiger partial charge in [-0.15, -0.1) is 0 Å². The molecule has 0 heterocycles. The average molecular weight is 270 g/mol. The lowest BCUT2D eigenvalue weighted by molar-refractivity contribution is 0.309. The lowest BCUT2D eigenvalue weighted by Crippen LogP contribution is -1.95. The van der Waals surface area contributed by atoms with Gasteiger partial charge in [0.05, 0.1) is 18.0 Å². The Labute approximate surface area is 118 Å². The highest BCUT2D eigenvalue weighted by molar-refractivity contribution is 5.43. The second-order valence-electron chi connectivity index (χ2n) is 4.41. The van der Waals surface area contributed by atoms with E-state index in [4.69, 9.17) is 4.74 Å². The summed E-state index contributed by atoms with van der Waals surface area (Å²) >= 11 is 0. The van der Waals surface area contributed by atoms with Gasteiger partial charge >= 0.3 is 0 Å². The fraction of sp³-hybridized carbons (Fsp3) is 0.250. The standard InChI is InChI=1S/C16H18N2O2/c1-2-3-12-20-16-10-6-14(7-11-16)18-17-13-4-8-15(19)9-5-13/h4-11,19H,2-3,12H2,1H3. The van der Waals surface area contributed by atoms with E-state index in [1.807, 2.05) is 24.3 Å². The van der Waals surface area contributed by atoms with E-state index in [0.29, 0.717) is 5.69 Å². The van der Waals surface area contributed by atoms with Crippen molar-refractivity contribution in [3.05, 3.63) is 48.5 Å². The summed E-state index contributed by atoms with van der Waals surface area (Å²) in [6.07, 6.45) is 2.18. The molecule has 0 saturated heterocycles. The van der Waals surface area contributed by atoms with Crippen LogP contribution >= 0.6 is 0 Å². The van der Waals surface area contributed by atoms with Crippen molar-refractivity contribution in [3.8, 4) is 11.5 Å². The Hall–Kier alpha value is -2.36. The summed E-state index contributed by atoms with van der Waals surface area (Å²) in [7, 11) is 0. The molecule has 20 heavy (non-hydrogen) atoms. The molecular formula is C16H18N2O2. The molecule has 0 aromatic heterocycles. The molecule has 0 spiro atoms. The molecular weight excluding hydrogens is 252 g/mol. The second kappa shape index (κ2) is 7.28. The van der Waals surface area contributed by atoms with Crippen LogP contribution in [0.3, 0.4) is 0 Å². The van der Waals surface area contributed by atoms with Crippen LogP contribution in [0, 0.1) is 0 Å². The van der Waals surface area contributed by atoms with Gasteiger partial charge in [-0.2, -0.15) is 10.2 Å². The van der Waals surface area contributed by atoms with Crippen LogP contribution in [0.1, 0.15) is 19.8 Å². The van der Waals surface area contributed by atoms with Crippen LogP contribution in [-0.4, -0.2) is 11.7 Å². The van der Waals surface area contributed by atoms with Crippen molar-refractivity contribution in [2.75, 3.05) is 6.61 Å². The van der Waals surface area contributed by atoms with E-state index in [1.54, 1.807) is 24.3 Å². The molecule has 2 aromatic rings. The lowest BCUT2D eigenvalue weighted by atomic mass is 10.3. The first-order valence-electron chi connectivity index (χ1n) is 6.71. The van der Waals surface area contributed by atoms with Crippen LogP contribution in [-0.2, 0) is 0 Å². The highest BCUT2D eigenvalue weighted by Crippen LogP contribution is 2.22. The third kappa shape index (κ3) is 4.39. The minimum atomic E-state index is 0.220. The number of aromatic hydroxyl groups is 1. The first-order chi connectivity index (χ1) is 9.78. The Bertz CT molecular complexity index is 548. The largest absolute Gasteiger partial charge is 0.508 e. The molecule has 104 valence electrons. The highest BCUT2D eigenvalue weighted by atomic mass is 16.5. The predicted octanol–water partition coefficient (Wildman–Crippen LogP) is 4.99. The van der Waals surface area contributed by atoms with E-state index >= 15 is 0 Å². The predicted molar refractivity (Wildman–Crippen MR) is 79.1 cm³/mol. The molecule has 0 atom stereocenters. The Morgan fingerprint density at radius 2 is 1.45 bits per heavy atom. The average Bonchev–Trinajstić information content (AvgIpc) is 2.48. The maximum absolute atomic E-state index is 9.17. The third-order valence-corrected chi connectivity index (χ3v) is 2.73. The van der Waals surface area contributed by atoms with E-state index in [2.05, 4.69) is 17.2 Å². The number of unbranched alkanes of at least 4 members (excludes halogenated alkanes) is 1. The van der Waals surface area contributed by atoms with Gasteiger partial charge in [0, 0.05) is 0 Å². The van der Waals surface area contributed by atoms with Crippen molar-refractivity contribution in [1.29, 1.82) is 0 Å². The fourth-order valence-corrected chi connectivity index (χ4v) is 1.58. The number of ether oxygens (including phenoxy) is 1. The Kier molecular flexibility index (Phi) is 5.12. The van der Waals surface area contributed by atoms with E-state index in [-0.39, 0.29) is 5.75 Å². The first-order valence-corrected chi connectivity index (χ1v) is 6.71. The fourth-order valence-electron chi connectivity index (χ4n) is 1.58. The molecule has 0 aliphatic heterocycles. The van der Waals surface area contributed by atoms with Crippen LogP contribution in [0.5, 0.6) is 11.5 Å². The first kappa shape index (κ1) is 14.1. The maximum Gasteiger partial charge on any atom is 0.119 e. The topological polar surface area (TPSA) is 54.2 Å². The molecule has 0 saturated carbocycles. The van der Waals surface area contributed by atoms with Crippen LogP contribution in [0.25, 0.3) is 0 Å². The normalized spacial score (nSPS) is 10.8. The van der Waals surface area contributed by atoms with Gasteiger partial charge in [-0.25, -0.2) is 0 Å². The quantitative estimate of drug-likeness (QED) is 0.594. The molecule has 0 unspecified atom stereocenters. The van der Waals surface area contributed by atoms with E-state index in [1.165, 1.54) is 0 Å². The SMILES string of the molecule is CCCCOc1ccc(N=Nc2ccc(O)cc2)cc1. The number of hydrogen-bond acceptors (Lipinski definition) is 4. The summed E-state index contributed by atoms with van der Waals surface area (Å²) in [4.78, 5) is 0. The summed E-state index contributed by atoms with van der Waals surface area (Å²) in [5.74, 6) is 1.07. The molecule has 4 nitrogen and oxygen atoms in total. The van der Waals surface area contributed by atoms with E-state index < -0.39 is 0 Å². The monoisotopic (exact) mass is 270 g/mol. The molecule has 2 aromatic carbocycles. The zero-order valence-corrected chi connectivity index (χ0v) is 11.5. The van der Waals surface area contributed by atoms with Crippen LogP contribution in [0.15, 0.2) is 58.8 Å². The van der Waals surface area contributed by atoms with Crippen LogP contribution in [0.4, 0.5) is 11.4 Å². The summed E-state index contributed by atoms with van der Waals surface area (Å²) in [6, 6.07) is 14.1. The number of rotatable bonds is 6. The number of phenols is 1. The van der Waals surface area contributed by atoms with Gasteiger partial charge in [0.15, 0.2) is 0 Å². The van der Waals surface area contributed by atoms with Gasteiger partial charge in [-0.1, -0.05) is 13.3 Å². The van der Waals surface area contributed by atoms with Crippen molar-refractivity contribution in [1.82, 2.24) is 0 Å². The van der Waals surface area contributed by atoms with Gasteiger partial charge in [0.1, 0.15) is 11.5 Å². The van der Waals surface area contributed by atoms with Gasteiger partial charge < -0.3 is 9.84 Å².